The third-order valence-electron chi connectivity index (χ3n) is 5.92. The summed E-state index contributed by atoms with van der Waals surface area (Å²) in [7, 11) is 0. The zero-order valence-electron chi connectivity index (χ0n) is 20.9. The molecule has 1 saturated heterocycles. The number of nitrogens with zero attached hydrogens (tertiary/aromatic N) is 3. The van der Waals surface area contributed by atoms with E-state index in [1.165, 1.54) is 38.1 Å². The Hall–Kier alpha value is -3.08. The monoisotopic (exact) mass is 510 g/mol. The van der Waals surface area contributed by atoms with Gasteiger partial charge in [0.05, 0.1) is 17.5 Å². The molecular formula is C25H35F3N5O3-. The van der Waals surface area contributed by atoms with Crippen molar-refractivity contribution in [2.75, 3.05) is 19.6 Å². The molecule has 200 valence electrons. The molecule has 2 heterocycles. The zero-order valence-corrected chi connectivity index (χ0v) is 20.9. The number of carboxylic acids is 1. The van der Waals surface area contributed by atoms with Gasteiger partial charge in [0, 0.05) is 12.7 Å². The molecule has 3 N–H and O–H groups in total. The summed E-state index contributed by atoms with van der Waals surface area (Å²) in [6.45, 7) is 9.65. The highest BCUT2D eigenvalue weighted by atomic mass is 19.4. The molecule has 1 aliphatic rings. The molecule has 1 amide bonds. The van der Waals surface area contributed by atoms with Crippen LogP contribution in [0.5, 0.6) is 0 Å². The van der Waals surface area contributed by atoms with Crippen LogP contribution in [-0.2, 0) is 27.7 Å². The van der Waals surface area contributed by atoms with Crippen LogP contribution in [0.2, 0.25) is 0 Å². The van der Waals surface area contributed by atoms with Crippen LogP contribution in [-0.4, -0.2) is 57.1 Å². The number of carbonyl (C=O) groups is 2. The van der Waals surface area contributed by atoms with Gasteiger partial charge in [0.15, 0.2) is 0 Å². The first kappa shape index (κ1) is 29.2. The van der Waals surface area contributed by atoms with Gasteiger partial charge >= 0.3 is 12.1 Å². The lowest BCUT2D eigenvalue weighted by Gasteiger charge is -2.32. The van der Waals surface area contributed by atoms with Gasteiger partial charge in [0.1, 0.15) is 6.04 Å². The fourth-order valence-corrected chi connectivity index (χ4v) is 4.06. The molecule has 2 aromatic rings. The van der Waals surface area contributed by atoms with Crippen LogP contribution >= 0.6 is 0 Å². The van der Waals surface area contributed by atoms with Crippen molar-refractivity contribution in [3.05, 3.63) is 53.7 Å². The summed E-state index contributed by atoms with van der Waals surface area (Å²) in [6.07, 6.45) is 2.28. The third-order valence-corrected chi connectivity index (χ3v) is 5.92. The van der Waals surface area contributed by atoms with Crippen molar-refractivity contribution in [3.8, 4) is 0 Å². The van der Waals surface area contributed by atoms with E-state index in [2.05, 4.69) is 29.0 Å². The number of alkyl halides is 3. The quantitative estimate of drug-likeness (QED) is 0.492. The van der Waals surface area contributed by atoms with Crippen molar-refractivity contribution in [1.29, 1.82) is 0 Å². The maximum absolute atomic E-state index is 12.5. The molecule has 0 aliphatic carbocycles. The fraction of sp³-hybridized carbons (Fsp3) is 0.560. The molecule has 0 radical (unpaired) electrons. The summed E-state index contributed by atoms with van der Waals surface area (Å²) in [4.78, 5) is 29.1. The van der Waals surface area contributed by atoms with Crippen molar-refractivity contribution in [1.82, 2.24) is 19.8 Å². The minimum Gasteiger partial charge on any atom is -0.481 e. The number of amides is 1. The molecule has 1 aromatic carbocycles. The summed E-state index contributed by atoms with van der Waals surface area (Å²) >= 11 is 0. The number of halogens is 3. The molecule has 0 bridgehead atoms. The van der Waals surface area contributed by atoms with Gasteiger partial charge < -0.3 is 30.6 Å². The Balaban J connectivity index is 0.000000267. The highest BCUT2D eigenvalue weighted by Crippen LogP contribution is 2.29. The number of carboxylic acid groups (broad SMARTS) is 1. The first-order valence-corrected chi connectivity index (χ1v) is 12.0. The Labute approximate surface area is 209 Å². The molecule has 1 fully saturated rings. The second kappa shape index (κ2) is 12.8. The summed E-state index contributed by atoms with van der Waals surface area (Å²) in [6, 6.07) is 3.39. The molecule has 0 saturated carbocycles. The number of carbonyl (C=O) groups excluding carboxylic acids is 1. The van der Waals surface area contributed by atoms with E-state index in [4.69, 9.17) is 10.8 Å². The molecule has 1 atom stereocenters. The van der Waals surface area contributed by atoms with E-state index in [0.29, 0.717) is 12.2 Å². The molecule has 8 nitrogen and oxygen atoms in total. The zero-order chi connectivity index (χ0) is 26.9. The van der Waals surface area contributed by atoms with Crippen molar-refractivity contribution in [3.63, 3.8) is 0 Å². The number of rotatable bonds is 9. The Morgan fingerprint density at radius 2 is 1.89 bits per heavy atom. The van der Waals surface area contributed by atoms with Crippen LogP contribution in [0.3, 0.4) is 0 Å². The molecule has 1 aromatic heterocycles. The standard InChI is InChI=1S/C14H16F3NO3.C11H19N4/c1-2-4-11(13(20)21)18-12(19)8-9-5-3-6-10(7-9)14(15,16)17;1-11(2,8-14-5-3-4-6-14)15-7-10(12)13-9-15/h3,5-7,11H,2,4,8H2,1H3,(H,18,19)(H,20,21);7,9,12H,3-6,8H2,1-2H3/q;-1. The first-order chi connectivity index (χ1) is 16.8. The van der Waals surface area contributed by atoms with Gasteiger partial charge in [-0.05, 0) is 70.0 Å². The van der Waals surface area contributed by atoms with Crippen LogP contribution in [0, 0.1) is 0 Å². The Bertz CT molecular complexity index is 1000. The van der Waals surface area contributed by atoms with Crippen molar-refractivity contribution >= 4 is 17.7 Å². The van der Waals surface area contributed by atoms with Gasteiger partial charge in [-0.3, -0.25) is 4.79 Å². The van der Waals surface area contributed by atoms with Crippen LogP contribution in [0.15, 0.2) is 36.8 Å². The number of likely N-dealkylation sites (tertiary alicyclic amines) is 1. The van der Waals surface area contributed by atoms with Gasteiger partial charge in [0.2, 0.25) is 5.91 Å². The molecule has 11 heteroatoms. The van der Waals surface area contributed by atoms with Gasteiger partial charge in [-0.1, -0.05) is 31.5 Å². The summed E-state index contributed by atoms with van der Waals surface area (Å²) in [5, 5.41) is 11.2. The number of benzene rings is 1. The number of hydrogen-bond acceptors (Lipinski definition) is 4. The van der Waals surface area contributed by atoms with Gasteiger partial charge in [-0.15, -0.1) is 0 Å². The number of aromatic nitrogens is 2. The third kappa shape index (κ3) is 9.18. The van der Waals surface area contributed by atoms with Crippen LogP contribution in [0.25, 0.3) is 5.73 Å². The Morgan fingerprint density at radius 1 is 1.22 bits per heavy atom. The van der Waals surface area contributed by atoms with Gasteiger partial charge in [-0.25, -0.2) is 4.79 Å². The van der Waals surface area contributed by atoms with E-state index in [-0.39, 0.29) is 23.9 Å². The lowest BCUT2D eigenvalue weighted by Crippen LogP contribution is -2.41. The van der Waals surface area contributed by atoms with E-state index in [9.17, 15) is 22.8 Å². The average Bonchev–Trinajstić information content (AvgIpc) is 3.45. The van der Waals surface area contributed by atoms with E-state index in [1.54, 1.807) is 19.4 Å². The summed E-state index contributed by atoms with van der Waals surface area (Å²) < 4.78 is 39.7. The number of aliphatic carboxylic acids is 1. The molecular weight excluding hydrogens is 475 g/mol. The van der Waals surface area contributed by atoms with Crippen LogP contribution < -0.4 is 5.32 Å². The molecule has 1 unspecified atom stereocenters. The number of hydrogen-bond donors (Lipinski definition) is 2. The maximum atomic E-state index is 12.5. The van der Waals surface area contributed by atoms with Gasteiger partial charge in [-0.2, -0.15) is 13.2 Å². The second-order valence-electron chi connectivity index (χ2n) is 9.58. The van der Waals surface area contributed by atoms with Crippen molar-refractivity contribution < 1.29 is 27.9 Å². The minimum atomic E-state index is -4.47. The van der Waals surface area contributed by atoms with Crippen molar-refractivity contribution in [2.24, 2.45) is 0 Å². The minimum absolute atomic E-state index is 0.0383. The predicted molar refractivity (Wildman–Crippen MR) is 131 cm³/mol. The highest BCUT2D eigenvalue weighted by molar-refractivity contribution is 5.84. The predicted octanol–water partition coefficient (Wildman–Crippen LogP) is 5.02. The summed E-state index contributed by atoms with van der Waals surface area (Å²) in [5.74, 6) is -1.42. The smallest absolute Gasteiger partial charge is 0.416 e. The molecule has 0 spiro atoms. The number of nitrogens with one attached hydrogen (secondary N) is 2. The normalized spacial score (nSPS) is 15.2. The molecule has 36 heavy (non-hydrogen) atoms. The Morgan fingerprint density at radius 3 is 2.42 bits per heavy atom. The lowest BCUT2D eigenvalue weighted by molar-refractivity contribution is -0.141. The maximum Gasteiger partial charge on any atom is 0.416 e. The summed E-state index contributed by atoms with van der Waals surface area (Å²) in [5.41, 5.74) is 6.82. The average molecular weight is 511 g/mol. The van der Waals surface area contributed by atoms with Crippen LogP contribution in [0.4, 0.5) is 19.0 Å². The fourth-order valence-electron chi connectivity index (χ4n) is 4.06. The van der Waals surface area contributed by atoms with E-state index < -0.39 is 29.7 Å². The van der Waals surface area contributed by atoms with Crippen molar-refractivity contribution in [2.45, 2.75) is 70.6 Å². The van der Waals surface area contributed by atoms with E-state index in [1.807, 2.05) is 4.57 Å². The largest absolute Gasteiger partial charge is 0.481 e. The van der Waals surface area contributed by atoms with E-state index >= 15 is 0 Å². The van der Waals surface area contributed by atoms with Crippen LogP contribution in [0.1, 0.15) is 57.6 Å². The molecule has 1 aliphatic heterocycles. The highest BCUT2D eigenvalue weighted by Gasteiger charge is 2.30. The SMILES string of the molecule is CC(C)(CN1CCCC1)n1cnc([NH-])c1.CCCC(NC(=O)Cc1cccc(C(F)(F)F)c1)C(=O)O. The van der Waals surface area contributed by atoms with Gasteiger partial charge in [0.25, 0.3) is 0 Å². The Kier molecular flexibility index (Phi) is 10.3. The number of imidazole rings is 1. The van der Waals surface area contributed by atoms with E-state index in [0.717, 1.165) is 18.7 Å². The first-order valence-electron chi connectivity index (χ1n) is 12.0. The second-order valence-corrected chi connectivity index (χ2v) is 9.58. The lowest BCUT2D eigenvalue weighted by atomic mass is 10.1. The topological polar surface area (TPSA) is 111 Å². The molecule has 3 rings (SSSR count).